The first-order valence-corrected chi connectivity index (χ1v) is 11.7. The number of aryl methyl sites for hydroxylation is 1. The molecule has 0 fully saturated rings. The lowest BCUT2D eigenvalue weighted by Gasteiger charge is -2.18. The maximum Gasteiger partial charge on any atom is 0.300 e. The van der Waals surface area contributed by atoms with Gasteiger partial charge in [0.15, 0.2) is 0 Å². The predicted molar refractivity (Wildman–Crippen MR) is 129 cm³/mol. The van der Waals surface area contributed by atoms with E-state index < -0.39 is 0 Å². The molecule has 3 aromatic heterocycles. The van der Waals surface area contributed by atoms with Crippen molar-refractivity contribution < 1.29 is 18.7 Å². The minimum Gasteiger partial charge on any atom is -0.496 e. The molecule has 0 saturated heterocycles. The number of ether oxygens (including phenoxy) is 2. The van der Waals surface area contributed by atoms with Crippen LogP contribution >= 0.6 is 11.3 Å². The van der Waals surface area contributed by atoms with Crippen LogP contribution in [0.15, 0.2) is 35.4 Å². The summed E-state index contributed by atoms with van der Waals surface area (Å²) in [4.78, 5) is 33.3. The zero-order valence-corrected chi connectivity index (χ0v) is 20.6. The highest BCUT2D eigenvalue weighted by Crippen LogP contribution is 2.31. The molecule has 35 heavy (non-hydrogen) atoms. The number of amides is 1. The lowest BCUT2D eigenvalue weighted by Crippen LogP contribution is -2.32. The van der Waals surface area contributed by atoms with Crippen LogP contribution in [0.4, 0.5) is 4.39 Å². The van der Waals surface area contributed by atoms with Gasteiger partial charge in [-0.25, -0.2) is 4.39 Å². The summed E-state index contributed by atoms with van der Waals surface area (Å²) in [7, 11) is 3.18. The highest BCUT2D eigenvalue weighted by Gasteiger charge is 2.21. The Morgan fingerprint density at radius 3 is 2.69 bits per heavy atom. The number of hydrogen-bond acceptors (Lipinski definition) is 8. The first-order valence-electron chi connectivity index (χ1n) is 10.9. The standard InChI is InChI=1S/C23H25FN6O4S/c1-14-19-20(35-22(14)30-25-8-9-26-30)27-23(29(21(19)32)11-10-28(3)15(2)31)34-12-7-16-13-17(24)5-6-18(16)33-4/h5-6,8-9,13H,7,10-12H2,1-4H3. The molecule has 0 N–H and O–H groups in total. The monoisotopic (exact) mass is 500 g/mol. The maximum atomic E-state index is 13.7. The molecule has 0 aliphatic heterocycles. The number of benzene rings is 1. The summed E-state index contributed by atoms with van der Waals surface area (Å²) in [5.74, 6) is 0.0500. The van der Waals surface area contributed by atoms with Gasteiger partial charge in [0.05, 0.1) is 31.5 Å². The number of nitrogens with zero attached hydrogens (tertiary/aromatic N) is 6. The van der Waals surface area contributed by atoms with Gasteiger partial charge in [0.1, 0.15) is 21.4 Å². The number of rotatable bonds is 9. The number of carbonyl (C=O) groups is 1. The van der Waals surface area contributed by atoms with Crippen LogP contribution in [0.2, 0.25) is 0 Å². The van der Waals surface area contributed by atoms with Crippen LogP contribution in [0.25, 0.3) is 15.2 Å². The summed E-state index contributed by atoms with van der Waals surface area (Å²) in [5, 5.41) is 9.46. The van der Waals surface area contributed by atoms with Crippen molar-refractivity contribution in [2.75, 3.05) is 27.3 Å². The molecule has 0 aliphatic rings. The van der Waals surface area contributed by atoms with E-state index in [1.807, 2.05) is 6.92 Å². The molecule has 0 unspecified atom stereocenters. The van der Waals surface area contributed by atoms with E-state index in [-0.39, 0.29) is 36.4 Å². The van der Waals surface area contributed by atoms with E-state index in [9.17, 15) is 14.0 Å². The van der Waals surface area contributed by atoms with Crippen molar-refractivity contribution >= 4 is 27.5 Å². The van der Waals surface area contributed by atoms with Gasteiger partial charge in [-0.05, 0) is 25.1 Å². The van der Waals surface area contributed by atoms with E-state index in [4.69, 9.17) is 9.47 Å². The molecule has 0 atom stereocenters. The molecule has 1 aromatic carbocycles. The minimum atomic E-state index is -0.377. The predicted octanol–water partition coefficient (Wildman–Crippen LogP) is 2.59. The van der Waals surface area contributed by atoms with Crippen molar-refractivity contribution in [2.24, 2.45) is 0 Å². The molecule has 12 heteroatoms. The molecule has 0 spiro atoms. The van der Waals surface area contributed by atoms with Gasteiger partial charge in [-0.1, -0.05) is 11.3 Å². The number of halogens is 1. The quantitative estimate of drug-likeness (QED) is 0.348. The van der Waals surface area contributed by atoms with E-state index in [0.29, 0.717) is 45.1 Å². The van der Waals surface area contributed by atoms with Crippen molar-refractivity contribution in [3.8, 4) is 16.8 Å². The molecule has 0 aliphatic carbocycles. The zero-order chi connectivity index (χ0) is 25.1. The molecule has 4 rings (SSSR count). The lowest BCUT2D eigenvalue weighted by molar-refractivity contribution is -0.127. The fourth-order valence-electron chi connectivity index (χ4n) is 3.61. The van der Waals surface area contributed by atoms with Crippen LogP contribution in [0.5, 0.6) is 11.8 Å². The van der Waals surface area contributed by atoms with Crippen molar-refractivity contribution in [3.63, 3.8) is 0 Å². The molecule has 184 valence electrons. The molecule has 1 amide bonds. The highest BCUT2D eigenvalue weighted by molar-refractivity contribution is 7.21. The third-order valence-corrected chi connectivity index (χ3v) is 6.78. The molecule has 3 heterocycles. The normalized spacial score (nSPS) is 11.1. The van der Waals surface area contributed by atoms with Crippen LogP contribution in [0.3, 0.4) is 0 Å². The van der Waals surface area contributed by atoms with Gasteiger partial charge in [-0.3, -0.25) is 14.2 Å². The van der Waals surface area contributed by atoms with Crippen LogP contribution < -0.4 is 15.0 Å². The lowest BCUT2D eigenvalue weighted by atomic mass is 10.1. The first-order chi connectivity index (χ1) is 16.8. The molecular formula is C23H25FN6O4S. The largest absolute Gasteiger partial charge is 0.496 e. The van der Waals surface area contributed by atoms with Gasteiger partial charge in [-0.15, -0.1) is 4.80 Å². The summed E-state index contributed by atoms with van der Waals surface area (Å²) in [6, 6.07) is 4.39. The number of methoxy groups -OCH3 is 1. The van der Waals surface area contributed by atoms with Crippen LogP contribution in [-0.4, -0.2) is 62.7 Å². The minimum absolute atomic E-state index is 0.119. The Balaban J connectivity index is 1.69. The van der Waals surface area contributed by atoms with Gasteiger partial charge in [-0.2, -0.15) is 15.2 Å². The van der Waals surface area contributed by atoms with Gasteiger partial charge in [0, 0.05) is 44.6 Å². The van der Waals surface area contributed by atoms with E-state index in [1.165, 1.54) is 51.8 Å². The number of thiophene rings is 1. The van der Waals surface area contributed by atoms with Crippen LogP contribution in [0.1, 0.15) is 18.1 Å². The van der Waals surface area contributed by atoms with Crippen molar-refractivity contribution in [1.29, 1.82) is 0 Å². The van der Waals surface area contributed by atoms with E-state index >= 15 is 0 Å². The maximum absolute atomic E-state index is 13.7. The average Bonchev–Trinajstić information content (AvgIpc) is 3.46. The summed E-state index contributed by atoms with van der Waals surface area (Å²) in [5.41, 5.74) is 1.07. The van der Waals surface area contributed by atoms with Crippen molar-refractivity contribution in [3.05, 3.63) is 57.9 Å². The second kappa shape index (κ2) is 10.2. The van der Waals surface area contributed by atoms with E-state index in [2.05, 4.69) is 15.2 Å². The summed E-state index contributed by atoms with van der Waals surface area (Å²) in [6.07, 6.45) is 3.46. The summed E-state index contributed by atoms with van der Waals surface area (Å²) >= 11 is 1.29. The number of fused-ring (bicyclic) bond motifs is 1. The molecular weight excluding hydrogens is 475 g/mol. The Labute approximate surface area is 204 Å². The Hall–Kier alpha value is -3.80. The Kier molecular flexibility index (Phi) is 7.10. The van der Waals surface area contributed by atoms with Crippen molar-refractivity contribution in [2.45, 2.75) is 26.8 Å². The van der Waals surface area contributed by atoms with Gasteiger partial charge >= 0.3 is 6.01 Å². The topological polar surface area (TPSA) is 104 Å². The molecule has 4 aromatic rings. The van der Waals surface area contributed by atoms with E-state index in [1.54, 1.807) is 25.5 Å². The third kappa shape index (κ3) is 5.02. The average molecular weight is 501 g/mol. The molecule has 0 saturated carbocycles. The Morgan fingerprint density at radius 2 is 2.00 bits per heavy atom. The Bertz CT molecular complexity index is 1420. The summed E-state index contributed by atoms with van der Waals surface area (Å²) in [6.45, 7) is 3.91. The molecule has 0 radical (unpaired) electrons. The third-order valence-electron chi connectivity index (χ3n) is 5.63. The highest BCUT2D eigenvalue weighted by atomic mass is 32.1. The number of likely N-dealkylation sites (N-methyl/N-ethyl adjacent to an activating group) is 1. The van der Waals surface area contributed by atoms with E-state index in [0.717, 1.165) is 0 Å². The van der Waals surface area contributed by atoms with Gasteiger partial charge in [0.25, 0.3) is 5.56 Å². The van der Waals surface area contributed by atoms with Crippen LogP contribution in [0, 0.1) is 12.7 Å². The van der Waals surface area contributed by atoms with Crippen molar-refractivity contribution in [1.82, 2.24) is 29.4 Å². The van der Waals surface area contributed by atoms with Crippen LogP contribution in [-0.2, 0) is 17.8 Å². The number of hydrogen-bond donors (Lipinski definition) is 0. The second-order valence-electron chi connectivity index (χ2n) is 7.88. The van der Waals surface area contributed by atoms with Gasteiger partial charge < -0.3 is 14.4 Å². The molecule has 10 nitrogen and oxygen atoms in total. The fraction of sp³-hybridized carbons (Fsp3) is 0.348. The van der Waals surface area contributed by atoms with Gasteiger partial charge in [0.2, 0.25) is 5.91 Å². The summed E-state index contributed by atoms with van der Waals surface area (Å²) < 4.78 is 26.4. The fourth-order valence-corrected chi connectivity index (χ4v) is 4.69. The number of carbonyl (C=O) groups excluding carboxylic acids is 1. The zero-order valence-electron chi connectivity index (χ0n) is 19.8. The second-order valence-corrected chi connectivity index (χ2v) is 8.85. The molecule has 0 bridgehead atoms. The smallest absolute Gasteiger partial charge is 0.300 e. The first kappa shape index (κ1) is 24.3. The SMILES string of the molecule is COc1ccc(F)cc1CCOc1nc2sc(-n3nccn3)c(C)c2c(=O)n1CCN(C)C(C)=O. The Morgan fingerprint density at radius 1 is 1.26 bits per heavy atom. The number of aromatic nitrogens is 5.